The molecule has 1 N–H and O–H groups in total. The Morgan fingerprint density at radius 2 is 1.85 bits per heavy atom. The van der Waals surface area contributed by atoms with E-state index in [1.807, 2.05) is 17.9 Å². The van der Waals surface area contributed by atoms with Gasteiger partial charge in [0.1, 0.15) is 0 Å². The molecule has 0 amide bonds. The Morgan fingerprint density at radius 1 is 1.15 bits per heavy atom. The second kappa shape index (κ2) is 5.57. The average Bonchev–Trinajstić information content (AvgIpc) is 3.10. The maximum atomic E-state index is 4.26. The van der Waals surface area contributed by atoms with Gasteiger partial charge in [0.25, 0.3) is 0 Å². The first-order valence-corrected chi connectivity index (χ1v) is 7.30. The number of rotatable bonds is 4. The normalized spacial score (nSPS) is 14.8. The van der Waals surface area contributed by atoms with E-state index in [1.54, 1.807) is 0 Å². The summed E-state index contributed by atoms with van der Waals surface area (Å²) in [5.74, 6) is 0. The molecule has 0 radical (unpaired) electrons. The molecule has 1 fully saturated rings. The highest BCUT2D eigenvalue weighted by Gasteiger charge is 2.11. The largest absolute Gasteiger partial charge is 0.381 e. The Morgan fingerprint density at radius 3 is 2.45 bits per heavy atom. The number of nitrogens with zero attached hydrogens (tertiary/aromatic N) is 3. The van der Waals surface area contributed by atoms with Crippen molar-refractivity contribution in [2.45, 2.75) is 26.3 Å². The smallest absolute Gasteiger partial charge is 0.0542 e. The van der Waals surface area contributed by atoms with Gasteiger partial charge >= 0.3 is 0 Å². The molecule has 1 aromatic carbocycles. The number of benzene rings is 1. The number of aromatic nitrogens is 2. The Hall–Kier alpha value is -1.97. The van der Waals surface area contributed by atoms with E-state index in [4.69, 9.17) is 0 Å². The van der Waals surface area contributed by atoms with Crippen molar-refractivity contribution in [3.05, 3.63) is 41.7 Å². The number of nitrogens with one attached hydrogen (secondary N) is 1. The van der Waals surface area contributed by atoms with Crippen LogP contribution >= 0.6 is 0 Å². The van der Waals surface area contributed by atoms with Gasteiger partial charge in [-0.2, -0.15) is 5.10 Å². The van der Waals surface area contributed by atoms with Gasteiger partial charge in [0, 0.05) is 49.3 Å². The molecule has 0 spiro atoms. The van der Waals surface area contributed by atoms with Crippen LogP contribution in [0.25, 0.3) is 0 Å². The fourth-order valence-corrected chi connectivity index (χ4v) is 2.68. The van der Waals surface area contributed by atoms with Crippen LogP contribution in [-0.2, 0) is 13.6 Å². The predicted octanol–water partition coefficient (Wildman–Crippen LogP) is 2.94. The molecule has 106 valence electrons. The Labute approximate surface area is 120 Å². The van der Waals surface area contributed by atoms with Crippen LogP contribution in [0.4, 0.5) is 11.4 Å². The van der Waals surface area contributed by atoms with Crippen LogP contribution in [0.5, 0.6) is 0 Å². The van der Waals surface area contributed by atoms with Crippen molar-refractivity contribution in [3.63, 3.8) is 0 Å². The Kier molecular flexibility index (Phi) is 3.63. The van der Waals surface area contributed by atoms with Gasteiger partial charge in [0.05, 0.1) is 6.20 Å². The van der Waals surface area contributed by atoms with Gasteiger partial charge < -0.3 is 10.2 Å². The summed E-state index contributed by atoms with van der Waals surface area (Å²) >= 11 is 0. The molecule has 2 heterocycles. The van der Waals surface area contributed by atoms with Crippen LogP contribution in [0, 0.1) is 6.92 Å². The summed E-state index contributed by atoms with van der Waals surface area (Å²) in [7, 11) is 1.98. The van der Waals surface area contributed by atoms with Crippen molar-refractivity contribution in [2.75, 3.05) is 23.3 Å². The highest BCUT2D eigenvalue weighted by molar-refractivity contribution is 5.55. The molecule has 0 saturated carbocycles. The zero-order chi connectivity index (χ0) is 13.9. The zero-order valence-corrected chi connectivity index (χ0v) is 12.3. The lowest BCUT2D eigenvalue weighted by atomic mass is 10.2. The lowest BCUT2D eigenvalue weighted by molar-refractivity contribution is 0.738. The van der Waals surface area contributed by atoms with Gasteiger partial charge in [-0.3, -0.25) is 4.68 Å². The molecule has 3 rings (SSSR count). The Bertz CT molecular complexity index is 565. The monoisotopic (exact) mass is 270 g/mol. The van der Waals surface area contributed by atoms with Crippen molar-refractivity contribution in [1.29, 1.82) is 0 Å². The minimum atomic E-state index is 0.822. The molecule has 20 heavy (non-hydrogen) atoms. The third kappa shape index (κ3) is 2.64. The number of hydrogen-bond acceptors (Lipinski definition) is 3. The highest BCUT2D eigenvalue weighted by atomic mass is 15.3. The highest BCUT2D eigenvalue weighted by Crippen LogP contribution is 2.22. The minimum absolute atomic E-state index is 0.822. The van der Waals surface area contributed by atoms with Gasteiger partial charge in [0.15, 0.2) is 0 Å². The fraction of sp³-hybridized carbons (Fsp3) is 0.438. The molecular formula is C16H22N4. The summed E-state index contributed by atoms with van der Waals surface area (Å²) in [4.78, 5) is 2.45. The molecule has 1 aliphatic rings. The van der Waals surface area contributed by atoms with Crippen molar-refractivity contribution < 1.29 is 0 Å². The molecule has 0 aliphatic carbocycles. The van der Waals surface area contributed by atoms with Gasteiger partial charge in [-0.25, -0.2) is 0 Å². The molecular weight excluding hydrogens is 248 g/mol. The van der Waals surface area contributed by atoms with Gasteiger partial charge in [-0.1, -0.05) is 0 Å². The molecule has 0 bridgehead atoms. The van der Waals surface area contributed by atoms with Crippen molar-refractivity contribution >= 4 is 11.4 Å². The Balaban J connectivity index is 1.62. The van der Waals surface area contributed by atoms with E-state index >= 15 is 0 Å². The summed E-state index contributed by atoms with van der Waals surface area (Å²) in [6, 6.07) is 8.76. The van der Waals surface area contributed by atoms with E-state index in [0.29, 0.717) is 0 Å². The summed E-state index contributed by atoms with van der Waals surface area (Å²) in [6.45, 7) is 5.31. The minimum Gasteiger partial charge on any atom is -0.381 e. The van der Waals surface area contributed by atoms with Gasteiger partial charge in [-0.05, 0) is 44.0 Å². The average molecular weight is 270 g/mol. The topological polar surface area (TPSA) is 33.1 Å². The third-order valence-electron chi connectivity index (χ3n) is 4.16. The van der Waals surface area contributed by atoms with E-state index in [9.17, 15) is 0 Å². The molecule has 1 saturated heterocycles. The molecule has 4 heteroatoms. The van der Waals surface area contributed by atoms with Crippen molar-refractivity contribution in [3.8, 4) is 0 Å². The number of anilines is 2. The van der Waals surface area contributed by atoms with Crippen LogP contribution in [0.3, 0.4) is 0 Å². The van der Waals surface area contributed by atoms with E-state index in [2.05, 4.69) is 46.5 Å². The summed E-state index contributed by atoms with van der Waals surface area (Å²) in [5, 5.41) is 7.73. The summed E-state index contributed by atoms with van der Waals surface area (Å²) in [6.07, 6.45) is 4.57. The first-order valence-electron chi connectivity index (χ1n) is 7.30. The van der Waals surface area contributed by atoms with Crippen molar-refractivity contribution in [2.24, 2.45) is 7.05 Å². The van der Waals surface area contributed by atoms with E-state index in [-0.39, 0.29) is 0 Å². The van der Waals surface area contributed by atoms with E-state index in [1.165, 1.54) is 42.9 Å². The summed E-state index contributed by atoms with van der Waals surface area (Å²) < 4.78 is 1.91. The van der Waals surface area contributed by atoms with Crippen molar-refractivity contribution in [1.82, 2.24) is 9.78 Å². The van der Waals surface area contributed by atoms with Gasteiger partial charge in [0.2, 0.25) is 0 Å². The van der Waals surface area contributed by atoms with Crippen LogP contribution in [0.1, 0.15) is 24.1 Å². The standard InChI is InChI=1S/C16H22N4/c1-13-14(12-18-19(13)2)11-17-15-5-7-16(8-6-15)20-9-3-4-10-20/h5-8,12,17H,3-4,9-11H2,1-2H3. The number of aryl methyl sites for hydroxylation is 1. The van der Waals surface area contributed by atoms with Gasteiger partial charge in [-0.15, -0.1) is 0 Å². The SMILES string of the molecule is Cc1c(CNc2ccc(N3CCCC3)cc2)cnn1C. The zero-order valence-electron chi connectivity index (χ0n) is 12.3. The molecule has 0 atom stereocenters. The van der Waals surface area contributed by atoms with E-state index < -0.39 is 0 Å². The first-order chi connectivity index (χ1) is 9.74. The molecule has 2 aromatic rings. The van der Waals surface area contributed by atoms with E-state index in [0.717, 1.165) is 12.2 Å². The molecule has 0 unspecified atom stereocenters. The van der Waals surface area contributed by atoms with Crippen LogP contribution < -0.4 is 10.2 Å². The predicted molar refractivity (Wildman–Crippen MR) is 83.2 cm³/mol. The second-order valence-electron chi connectivity index (χ2n) is 5.47. The van der Waals surface area contributed by atoms with Crippen LogP contribution in [0.15, 0.2) is 30.5 Å². The lowest BCUT2D eigenvalue weighted by Crippen LogP contribution is -2.17. The summed E-state index contributed by atoms with van der Waals surface area (Å²) in [5.41, 5.74) is 4.96. The number of hydrogen-bond donors (Lipinski definition) is 1. The molecule has 1 aromatic heterocycles. The maximum Gasteiger partial charge on any atom is 0.0542 e. The third-order valence-corrected chi connectivity index (χ3v) is 4.16. The second-order valence-corrected chi connectivity index (χ2v) is 5.47. The first kappa shape index (κ1) is 13.0. The van der Waals surface area contributed by atoms with Crippen LogP contribution in [0.2, 0.25) is 0 Å². The quantitative estimate of drug-likeness (QED) is 0.927. The molecule has 1 aliphatic heterocycles. The van der Waals surface area contributed by atoms with Crippen LogP contribution in [-0.4, -0.2) is 22.9 Å². The maximum absolute atomic E-state index is 4.26. The molecule has 4 nitrogen and oxygen atoms in total. The lowest BCUT2D eigenvalue weighted by Gasteiger charge is -2.18. The fourth-order valence-electron chi connectivity index (χ4n) is 2.68.